The third kappa shape index (κ3) is 2.54. The molecule has 0 bridgehead atoms. The molecular weight excluding hydrogens is 212 g/mol. The van der Waals surface area contributed by atoms with Gasteiger partial charge in [-0.05, 0) is 19.4 Å². The molecule has 1 aromatic carbocycles. The fraction of sp³-hybridized carbons (Fsp3) is 0.308. The van der Waals surface area contributed by atoms with Gasteiger partial charge >= 0.3 is 0 Å². The summed E-state index contributed by atoms with van der Waals surface area (Å²) >= 11 is 0. The van der Waals surface area contributed by atoms with Crippen LogP contribution in [0.25, 0.3) is 0 Å². The van der Waals surface area contributed by atoms with Crippen molar-refractivity contribution in [3.63, 3.8) is 0 Å². The first kappa shape index (κ1) is 11.8. The lowest BCUT2D eigenvalue weighted by Gasteiger charge is -2.16. The Balaban J connectivity index is 2.41. The van der Waals surface area contributed by atoms with Crippen LogP contribution in [0.15, 0.2) is 30.6 Å². The number of benzene rings is 1. The van der Waals surface area contributed by atoms with Crippen molar-refractivity contribution >= 4 is 0 Å². The number of hydrazine groups is 1. The van der Waals surface area contributed by atoms with Crippen LogP contribution in [-0.2, 0) is 7.05 Å². The molecule has 2 aromatic rings. The van der Waals surface area contributed by atoms with Crippen molar-refractivity contribution < 1.29 is 0 Å². The quantitative estimate of drug-likeness (QED) is 0.622. The Labute approximate surface area is 101 Å². The number of hydrogen-bond donors (Lipinski definition) is 2. The zero-order chi connectivity index (χ0) is 12.4. The maximum Gasteiger partial charge on any atom is 0.0740 e. The van der Waals surface area contributed by atoms with E-state index in [-0.39, 0.29) is 6.04 Å². The van der Waals surface area contributed by atoms with Crippen molar-refractivity contribution in [2.45, 2.75) is 19.9 Å². The van der Waals surface area contributed by atoms with Gasteiger partial charge in [0.1, 0.15) is 0 Å². The zero-order valence-corrected chi connectivity index (χ0v) is 10.4. The molecule has 1 unspecified atom stereocenters. The minimum Gasteiger partial charge on any atom is -0.275 e. The van der Waals surface area contributed by atoms with Crippen molar-refractivity contribution in [2.75, 3.05) is 0 Å². The molecule has 4 heteroatoms. The van der Waals surface area contributed by atoms with E-state index in [1.807, 2.05) is 19.4 Å². The van der Waals surface area contributed by atoms with Crippen LogP contribution in [0.4, 0.5) is 0 Å². The van der Waals surface area contributed by atoms with Gasteiger partial charge in [-0.1, -0.05) is 29.3 Å². The Morgan fingerprint density at radius 1 is 1.18 bits per heavy atom. The molecule has 0 aliphatic heterocycles. The summed E-state index contributed by atoms with van der Waals surface area (Å²) in [6.07, 6.45) is 3.81. The zero-order valence-electron chi connectivity index (χ0n) is 10.4. The van der Waals surface area contributed by atoms with E-state index in [2.05, 4.69) is 42.6 Å². The number of nitrogens with two attached hydrogens (primary N) is 1. The fourth-order valence-electron chi connectivity index (χ4n) is 2.15. The highest BCUT2D eigenvalue weighted by molar-refractivity contribution is 5.35. The van der Waals surface area contributed by atoms with E-state index < -0.39 is 0 Å². The third-order valence-corrected chi connectivity index (χ3v) is 2.80. The number of nitrogens with one attached hydrogen (secondary N) is 1. The largest absolute Gasteiger partial charge is 0.275 e. The van der Waals surface area contributed by atoms with E-state index in [4.69, 9.17) is 5.84 Å². The fourth-order valence-corrected chi connectivity index (χ4v) is 2.15. The van der Waals surface area contributed by atoms with E-state index in [0.717, 1.165) is 11.1 Å². The van der Waals surface area contributed by atoms with Crippen LogP contribution in [0.1, 0.15) is 28.3 Å². The average molecular weight is 230 g/mol. The molecular formula is C13H18N4. The molecule has 90 valence electrons. The molecule has 17 heavy (non-hydrogen) atoms. The third-order valence-electron chi connectivity index (χ3n) is 2.80. The highest BCUT2D eigenvalue weighted by Crippen LogP contribution is 2.22. The lowest BCUT2D eigenvalue weighted by molar-refractivity contribution is 0.635. The summed E-state index contributed by atoms with van der Waals surface area (Å²) in [5.41, 5.74) is 7.56. The second kappa shape index (κ2) is 4.69. The molecule has 0 fully saturated rings. The van der Waals surface area contributed by atoms with Crippen LogP contribution < -0.4 is 11.3 Å². The Bertz CT molecular complexity index is 496. The second-order valence-electron chi connectivity index (χ2n) is 4.47. The predicted molar refractivity (Wildman–Crippen MR) is 68.3 cm³/mol. The molecule has 0 saturated heterocycles. The molecule has 1 atom stereocenters. The van der Waals surface area contributed by atoms with Crippen molar-refractivity contribution in [3.05, 3.63) is 52.8 Å². The Hall–Kier alpha value is -1.65. The molecule has 0 saturated carbocycles. The minimum absolute atomic E-state index is 0.0118. The van der Waals surface area contributed by atoms with Gasteiger partial charge < -0.3 is 0 Å². The van der Waals surface area contributed by atoms with Crippen molar-refractivity contribution in [1.29, 1.82) is 0 Å². The molecule has 0 aliphatic rings. The lowest BCUT2D eigenvalue weighted by Crippen LogP contribution is -2.28. The minimum atomic E-state index is -0.0118. The molecule has 1 heterocycles. The van der Waals surface area contributed by atoms with Crippen LogP contribution in [0.3, 0.4) is 0 Å². The molecule has 0 radical (unpaired) electrons. The van der Waals surface area contributed by atoms with Gasteiger partial charge in [-0.15, -0.1) is 0 Å². The summed E-state index contributed by atoms with van der Waals surface area (Å²) in [5, 5.41) is 4.18. The molecule has 4 nitrogen and oxygen atoms in total. The van der Waals surface area contributed by atoms with Gasteiger partial charge in [-0.2, -0.15) is 5.10 Å². The van der Waals surface area contributed by atoms with Gasteiger partial charge in [-0.3, -0.25) is 10.5 Å². The smallest absolute Gasteiger partial charge is 0.0740 e. The molecule has 0 spiro atoms. The summed E-state index contributed by atoms with van der Waals surface area (Å²) in [6, 6.07) is 6.43. The Morgan fingerprint density at radius 3 is 2.29 bits per heavy atom. The SMILES string of the molecule is Cc1cc(C)cc(C(NN)c2cnn(C)c2)c1. The monoisotopic (exact) mass is 230 g/mol. The van der Waals surface area contributed by atoms with Crippen molar-refractivity contribution in [2.24, 2.45) is 12.9 Å². The van der Waals surface area contributed by atoms with Gasteiger partial charge in [0.05, 0.1) is 12.2 Å². The van der Waals surface area contributed by atoms with E-state index in [0.29, 0.717) is 0 Å². The first-order chi connectivity index (χ1) is 8.10. The molecule has 0 amide bonds. The van der Waals surface area contributed by atoms with Gasteiger partial charge in [0.25, 0.3) is 0 Å². The first-order valence-corrected chi connectivity index (χ1v) is 5.63. The van der Waals surface area contributed by atoms with Crippen LogP contribution >= 0.6 is 0 Å². The van der Waals surface area contributed by atoms with E-state index in [1.165, 1.54) is 11.1 Å². The van der Waals surface area contributed by atoms with Gasteiger partial charge in [0.2, 0.25) is 0 Å². The number of rotatable bonds is 3. The number of aromatic nitrogens is 2. The average Bonchev–Trinajstić information content (AvgIpc) is 2.64. The number of aryl methyl sites for hydroxylation is 3. The van der Waals surface area contributed by atoms with Crippen LogP contribution in [0.2, 0.25) is 0 Å². The Kier molecular flexibility index (Phi) is 3.26. The van der Waals surface area contributed by atoms with Gasteiger partial charge in [0.15, 0.2) is 0 Å². The number of nitrogens with zero attached hydrogens (tertiary/aromatic N) is 2. The maximum absolute atomic E-state index is 5.66. The normalized spacial score (nSPS) is 12.7. The topological polar surface area (TPSA) is 55.9 Å². The van der Waals surface area contributed by atoms with Crippen LogP contribution in [0, 0.1) is 13.8 Å². The van der Waals surface area contributed by atoms with Crippen LogP contribution in [0.5, 0.6) is 0 Å². The summed E-state index contributed by atoms with van der Waals surface area (Å²) in [7, 11) is 1.90. The lowest BCUT2D eigenvalue weighted by atomic mass is 9.98. The van der Waals surface area contributed by atoms with Gasteiger partial charge in [-0.25, -0.2) is 5.43 Å². The molecule has 3 N–H and O–H groups in total. The molecule has 2 rings (SSSR count). The highest BCUT2D eigenvalue weighted by atomic mass is 15.3. The van der Waals surface area contributed by atoms with Gasteiger partial charge in [0, 0.05) is 18.8 Å². The molecule has 0 aliphatic carbocycles. The summed E-state index contributed by atoms with van der Waals surface area (Å²) < 4.78 is 1.78. The predicted octanol–water partition coefficient (Wildman–Crippen LogP) is 1.59. The second-order valence-corrected chi connectivity index (χ2v) is 4.47. The van der Waals surface area contributed by atoms with Crippen molar-refractivity contribution in [3.8, 4) is 0 Å². The van der Waals surface area contributed by atoms with Crippen LogP contribution in [-0.4, -0.2) is 9.78 Å². The number of hydrogen-bond acceptors (Lipinski definition) is 3. The summed E-state index contributed by atoms with van der Waals surface area (Å²) in [4.78, 5) is 0. The van der Waals surface area contributed by atoms with E-state index in [9.17, 15) is 0 Å². The maximum atomic E-state index is 5.66. The summed E-state index contributed by atoms with van der Waals surface area (Å²) in [6.45, 7) is 4.18. The van der Waals surface area contributed by atoms with E-state index in [1.54, 1.807) is 4.68 Å². The van der Waals surface area contributed by atoms with Crippen molar-refractivity contribution in [1.82, 2.24) is 15.2 Å². The standard InChI is InChI=1S/C13H18N4/c1-9-4-10(2)6-11(5-9)13(16-14)12-7-15-17(3)8-12/h4-8,13,16H,14H2,1-3H3. The summed E-state index contributed by atoms with van der Waals surface area (Å²) in [5.74, 6) is 5.66. The highest BCUT2D eigenvalue weighted by Gasteiger charge is 2.14. The Morgan fingerprint density at radius 2 is 1.82 bits per heavy atom. The van der Waals surface area contributed by atoms with E-state index >= 15 is 0 Å². The molecule has 1 aromatic heterocycles. The first-order valence-electron chi connectivity index (χ1n) is 5.63.